The molecule has 0 aromatic carbocycles. The van der Waals surface area contributed by atoms with E-state index in [-0.39, 0.29) is 12.1 Å². The van der Waals surface area contributed by atoms with Crippen LogP contribution in [0.5, 0.6) is 0 Å². The second-order valence-electron chi connectivity index (χ2n) is 5.19. The number of rotatable bonds is 4. The van der Waals surface area contributed by atoms with Crippen LogP contribution >= 0.6 is 0 Å². The molecule has 102 valence electrons. The molecule has 2 unspecified atom stereocenters. The third kappa shape index (κ3) is 3.28. The minimum atomic E-state index is -0.120. The molecule has 18 heavy (non-hydrogen) atoms. The molecule has 2 rings (SSSR count). The fourth-order valence-electron chi connectivity index (χ4n) is 2.14. The highest BCUT2D eigenvalue weighted by molar-refractivity contribution is 4.88. The second kappa shape index (κ2) is 5.77. The Kier molecular flexibility index (Phi) is 4.31. The van der Waals surface area contributed by atoms with E-state index in [4.69, 9.17) is 10.5 Å². The van der Waals surface area contributed by atoms with Gasteiger partial charge in [0.05, 0.1) is 25.3 Å². The summed E-state index contributed by atoms with van der Waals surface area (Å²) in [6.07, 6.45) is 1.92. The van der Waals surface area contributed by atoms with Crippen LogP contribution in [0.3, 0.4) is 0 Å². The first-order chi connectivity index (χ1) is 8.56. The molecule has 1 aliphatic rings. The van der Waals surface area contributed by atoms with E-state index in [9.17, 15) is 0 Å². The normalized spacial score (nSPS) is 23.5. The quantitative estimate of drug-likeness (QED) is 0.841. The number of ether oxygens (including phenoxy) is 1. The van der Waals surface area contributed by atoms with Crippen molar-refractivity contribution in [2.75, 3.05) is 19.7 Å². The lowest BCUT2D eigenvalue weighted by atomic mass is 10.2. The minimum absolute atomic E-state index is 0.120. The van der Waals surface area contributed by atoms with Gasteiger partial charge in [0.1, 0.15) is 6.33 Å². The molecule has 0 aliphatic carbocycles. The summed E-state index contributed by atoms with van der Waals surface area (Å²) in [6, 6.07) is 0.442. The molecule has 1 fully saturated rings. The van der Waals surface area contributed by atoms with Crippen LogP contribution in [0, 0.1) is 0 Å². The van der Waals surface area contributed by atoms with Gasteiger partial charge in [0.25, 0.3) is 0 Å². The van der Waals surface area contributed by atoms with Gasteiger partial charge in [-0.15, -0.1) is 0 Å². The Labute approximate surface area is 108 Å². The SMILES string of the molecule is CC(N)c1ncn(CC2CN(C(C)C)CCO2)n1. The van der Waals surface area contributed by atoms with E-state index in [2.05, 4.69) is 28.8 Å². The Balaban J connectivity index is 1.92. The molecule has 1 aliphatic heterocycles. The zero-order valence-electron chi connectivity index (χ0n) is 11.4. The molecule has 1 aromatic rings. The van der Waals surface area contributed by atoms with Crippen LogP contribution in [0.1, 0.15) is 32.6 Å². The molecule has 6 nitrogen and oxygen atoms in total. The second-order valence-corrected chi connectivity index (χ2v) is 5.19. The van der Waals surface area contributed by atoms with Crippen LogP contribution in [0.15, 0.2) is 6.33 Å². The Hall–Kier alpha value is -0.980. The van der Waals surface area contributed by atoms with Crippen LogP contribution < -0.4 is 5.73 Å². The number of aromatic nitrogens is 3. The van der Waals surface area contributed by atoms with Crippen LogP contribution in [0.2, 0.25) is 0 Å². The highest BCUT2D eigenvalue weighted by atomic mass is 16.5. The molecule has 2 N–H and O–H groups in total. The molecule has 0 radical (unpaired) electrons. The third-order valence-corrected chi connectivity index (χ3v) is 3.25. The van der Waals surface area contributed by atoms with E-state index in [0.29, 0.717) is 11.9 Å². The molecule has 0 saturated carbocycles. The number of hydrogen-bond donors (Lipinski definition) is 1. The van der Waals surface area contributed by atoms with E-state index >= 15 is 0 Å². The molecule has 6 heteroatoms. The molecule has 2 atom stereocenters. The van der Waals surface area contributed by atoms with E-state index in [0.717, 1.165) is 26.2 Å². The van der Waals surface area contributed by atoms with Crippen molar-refractivity contribution in [2.45, 2.75) is 45.5 Å². The van der Waals surface area contributed by atoms with Crippen molar-refractivity contribution in [3.05, 3.63) is 12.2 Å². The van der Waals surface area contributed by atoms with Crippen molar-refractivity contribution in [2.24, 2.45) is 5.73 Å². The van der Waals surface area contributed by atoms with Crippen LogP contribution in [-0.4, -0.2) is 51.5 Å². The lowest BCUT2D eigenvalue weighted by molar-refractivity contribution is -0.0470. The first kappa shape index (κ1) is 13.5. The Morgan fingerprint density at radius 2 is 2.28 bits per heavy atom. The average molecular weight is 253 g/mol. The maximum absolute atomic E-state index is 5.77. The van der Waals surface area contributed by atoms with Crippen molar-refractivity contribution in [3.8, 4) is 0 Å². The lowest BCUT2D eigenvalue weighted by Crippen LogP contribution is -2.47. The van der Waals surface area contributed by atoms with Crippen molar-refractivity contribution < 1.29 is 4.74 Å². The van der Waals surface area contributed by atoms with E-state index in [1.165, 1.54) is 0 Å². The first-order valence-electron chi connectivity index (χ1n) is 6.57. The van der Waals surface area contributed by atoms with Crippen molar-refractivity contribution in [1.29, 1.82) is 0 Å². The lowest BCUT2D eigenvalue weighted by Gasteiger charge is -2.35. The smallest absolute Gasteiger partial charge is 0.166 e. The van der Waals surface area contributed by atoms with Gasteiger partial charge < -0.3 is 10.5 Å². The Morgan fingerprint density at radius 3 is 2.89 bits per heavy atom. The molecule has 1 aromatic heterocycles. The Morgan fingerprint density at radius 1 is 1.50 bits per heavy atom. The van der Waals surface area contributed by atoms with Gasteiger partial charge in [-0.1, -0.05) is 0 Å². The molecular formula is C12H23N5O. The van der Waals surface area contributed by atoms with Gasteiger partial charge in [-0.2, -0.15) is 5.10 Å². The van der Waals surface area contributed by atoms with E-state index in [1.807, 2.05) is 11.6 Å². The highest BCUT2D eigenvalue weighted by Crippen LogP contribution is 2.10. The third-order valence-electron chi connectivity index (χ3n) is 3.25. The predicted molar refractivity (Wildman–Crippen MR) is 69.1 cm³/mol. The van der Waals surface area contributed by atoms with Crippen LogP contribution in [0.25, 0.3) is 0 Å². The zero-order valence-corrected chi connectivity index (χ0v) is 11.4. The summed E-state index contributed by atoms with van der Waals surface area (Å²) in [6.45, 7) is 9.80. The fourth-order valence-corrected chi connectivity index (χ4v) is 2.14. The average Bonchev–Trinajstić information content (AvgIpc) is 2.78. The summed E-state index contributed by atoms with van der Waals surface area (Å²) in [5.41, 5.74) is 5.74. The number of nitrogens with two attached hydrogens (primary N) is 1. The van der Waals surface area contributed by atoms with Gasteiger partial charge in [-0.3, -0.25) is 4.90 Å². The van der Waals surface area contributed by atoms with Gasteiger partial charge in [-0.05, 0) is 20.8 Å². The molecule has 2 heterocycles. The highest BCUT2D eigenvalue weighted by Gasteiger charge is 2.23. The van der Waals surface area contributed by atoms with E-state index < -0.39 is 0 Å². The van der Waals surface area contributed by atoms with Gasteiger partial charge in [0.15, 0.2) is 5.82 Å². The van der Waals surface area contributed by atoms with Gasteiger partial charge in [-0.25, -0.2) is 9.67 Å². The summed E-state index contributed by atoms with van der Waals surface area (Å²) < 4.78 is 7.60. The summed E-state index contributed by atoms with van der Waals surface area (Å²) in [5.74, 6) is 0.687. The topological polar surface area (TPSA) is 69.2 Å². The van der Waals surface area contributed by atoms with Crippen molar-refractivity contribution >= 4 is 0 Å². The Bertz CT molecular complexity index is 376. The minimum Gasteiger partial charge on any atom is -0.374 e. The maximum Gasteiger partial charge on any atom is 0.166 e. The number of morpholine rings is 1. The number of hydrogen-bond acceptors (Lipinski definition) is 5. The maximum atomic E-state index is 5.77. The van der Waals surface area contributed by atoms with E-state index in [1.54, 1.807) is 6.33 Å². The number of nitrogens with zero attached hydrogens (tertiary/aromatic N) is 4. The van der Waals surface area contributed by atoms with Crippen molar-refractivity contribution in [1.82, 2.24) is 19.7 Å². The molecule has 0 bridgehead atoms. The fraction of sp³-hybridized carbons (Fsp3) is 0.833. The van der Waals surface area contributed by atoms with Gasteiger partial charge in [0, 0.05) is 19.1 Å². The molecular weight excluding hydrogens is 230 g/mol. The summed E-state index contributed by atoms with van der Waals surface area (Å²) in [7, 11) is 0. The zero-order chi connectivity index (χ0) is 13.1. The van der Waals surface area contributed by atoms with Crippen molar-refractivity contribution in [3.63, 3.8) is 0 Å². The molecule has 0 amide bonds. The standard InChI is InChI=1S/C12H23N5O/c1-9(2)16-4-5-18-11(6-16)7-17-8-14-12(15-17)10(3)13/h8-11H,4-7,13H2,1-3H3. The largest absolute Gasteiger partial charge is 0.374 e. The predicted octanol–water partition coefficient (Wildman–Crippen LogP) is 0.407. The summed E-state index contributed by atoms with van der Waals surface area (Å²) in [4.78, 5) is 6.62. The molecule has 1 saturated heterocycles. The monoisotopic (exact) mass is 253 g/mol. The van der Waals surface area contributed by atoms with Gasteiger partial charge >= 0.3 is 0 Å². The summed E-state index contributed by atoms with van der Waals surface area (Å²) in [5, 5.41) is 4.36. The van der Waals surface area contributed by atoms with Crippen LogP contribution in [0.4, 0.5) is 0 Å². The summed E-state index contributed by atoms with van der Waals surface area (Å²) >= 11 is 0. The van der Waals surface area contributed by atoms with Gasteiger partial charge in [0.2, 0.25) is 0 Å². The first-order valence-corrected chi connectivity index (χ1v) is 6.57. The van der Waals surface area contributed by atoms with Crippen LogP contribution in [-0.2, 0) is 11.3 Å². The molecule has 0 spiro atoms.